The van der Waals surface area contributed by atoms with Crippen LogP contribution in [0.25, 0.3) is 0 Å². The highest BCUT2D eigenvalue weighted by molar-refractivity contribution is 7.17. The third kappa shape index (κ3) is 5.06. The number of carbonyl (C=O) groups is 3. The van der Waals surface area contributed by atoms with Gasteiger partial charge in [0, 0.05) is 10.6 Å². The zero-order valence-electron chi connectivity index (χ0n) is 18.1. The molecule has 1 aromatic heterocycles. The molecular formula is C25H24N2O5S. The van der Waals surface area contributed by atoms with Gasteiger partial charge in [-0.25, -0.2) is 9.59 Å². The van der Waals surface area contributed by atoms with Crippen molar-refractivity contribution in [1.29, 1.82) is 0 Å². The fraction of sp³-hybridized carbons (Fsp3) is 0.240. The van der Waals surface area contributed by atoms with Crippen LogP contribution >= 0.6 is 11.3 Å². The van der Waals surface area contributed by atoms with Crippen LogP contribution in [0.15, 0.2) is 54.6 Å². The predicted molar refractivity (Wildman–Crippen MR) is 127 cm³/mol. The number of nitrogens with one attached hydrogen (secondary N) is 1. The highest BCUT2D eigenvalue weighted by atomic mass is 32.1. The van der Waals surface area contributed by atoms with Gasteiger partial charge in [0.2, 0.25) is 0 Å². The minimum atomic E-state index is -0.630. The summed E-state index contributed by atoms with van der Waals surface area (Å²) in [6.45, 7) is -0.473. The van der Waals surface area contributed by atoms with E-state index in [1.54, 1.807) is 12.1 Å². The molecule has 1 unspecified atom stereocenters. The molecule has 3 aromatic rings. The average molecular weight is 465 g/mol. The van der Waals surface area contributed by atoms with Crippen molar-refractivity contribution in [3.05, 3.63) is 81.7 Å². The number of amides is 1. The third-order valence-corrected chi connectivity index (χ3v) is 6.83. The number of thiophene rings is 1. The fourth-order valence-corrected chi connectivity index (χ4v) is 5.33. The van der Waals surface area contributed by atoms with E-state index in [-0.39, 0.29) is 0 Å². The van der Waals surface area contributed by atoms with Crippen molar-refractivity contribution in [2.75, 3.05) is 24.8 Å². The van der Waals surface area contributed by atoms with Crippen LogP contribution in [0.2, 0.25) is 0 Å². The van der Waals surface area contributed by atoms with E-state index in [0.717, 1.165) is 29.7 Å². The molecule has 2 aromatic carbocycles. The quantitative estimate of drug-likeness (QED) is 0.418. The summed E-state index contributed by atoms with van der Waals surface area (Å²) in [5.41, 5.74) is 9.01. The minimum absolute atomic E-state index is 0.297. The number of carbonyl (C=O) groups excluding carboxylic acids is 3. The van der Waals surface area contributed by atoms with Crippen LogP contribution in [0.3, 0.4) is 0 Å². The van der Waals surface area contributed by atoms with Crippen molar-refractivity contribution in [2.45, 2.75) is 25.2 Å². The Morgan fingerprint density at radius 3 is 2.48 bits per heavy atom. The number of benzene rings is 2. The van der Waals surface area contributed by atoms with Crippen LogP contribution in [-0.2, 0) is 27.1 Å². The Balaban J connectivity index is 1.47. The number of hydrogen-bond donors (Lipinski definition) is 2. The van der Waals surface area contributed by atoms with Gasteiger partial charge in [-0.2, -0.15) is 0 Å². The topological polar surface area (TPSA) is 108 Å². The molecule has 0 aliphatic heterocycles. The maximum atomic E-state index is 12.5. The van der Waals surface area contributed by atoms with E-state index in [2.05, 4.69) is 17.4 Å². The Labute approximate surface area is 195 Å². The van der Waals surface area contributed by atoms with Gasteiger partial charge < -0.3 is 20.5 Å². The highest BCUT2D eigenvalue weighted by Gasteiger charge is 2.30. The van der Waals surface area contributed by atoms with E-state index in [0.29, 0.717) is 27.7 Å². The van der Waals surface area contributed by atoms with Crippen molar-refractivity contribution in [3.8, 4) is 0 Å². The van der Waals surface area contributed by atoms with Crippen LogP contribution in [0, 0.1) is 0 Å². The lowest BCUT2D eigenvalue weighted by atomic mass is 9.83. The van der Waals surface area contributed by atoms with Gasteiger partial charge >= 0.3 is 11.9 Å². The second kappa shape index (κ2) is 9.87. The standard InChI is InChI=1S/C25H24N2O5S/c1-31-25(30)22-19-12-9-17(15-5-3-2-4-6-15)13-20(19)33-23(22)27-21(28)14-32-24(29)16-7-10-18(26)11-8-16/h2-8,10-11,17H,9,12-14,26H2,1H3,(H,27,28). The van der Waals surface area contributed by atoms with Crippen molar-refractivity contribution in [2.24, 2.45) is 0 Å². The first-order valence-corrected chi connectivity index (χ1v) is 11.4. The lowest BCUT2D eigenvalue weighted by Crippen LogP contribution is -2.22. The summed E-state index contributed by atoms with van der Waals surface area (Å²) in [7, 11) is 1.32. The zero-order chi connectivity index (χ0) is 23.4. The normalized spacial score (nSPS) is 14.8. The van der Waals surface area contributed by atoms with E-state index in [9.17, 15) is 14.4 Å². The highest BCUT2D eigenvalue weighted by Crippen LogP contribution is 2.42. The summed E-state index contributed by atoms with van der Waals surface area (Å²) in [5, 5.41) is 3.16. The number of esters is 2. The van der Waals surface area contributed by atoms with Crippen LogP contribution < -0.4 is 11.1 Å². The molecule has 1 aliphatic rings. The lowest BCUT2D eigenvalue weighted by molar-refractivity contribution is -0.119. The second-order valence-corrected chi connectivity index (χ2v) is 8.90. The first-order chi connectivity index (χ1) is 16.0. The van der Waals surface area contributed by atoms with Crippen LogP contribution in [0.4, 0.5) is 10.7 Å². The largest absolute Gasteiger partial charge is 0.465 e. The number of nitrogens with two attached hydrogens (primary N) is 1. The molecule has 1 aliphatic carbocycles. The Morgan fingerprint density at radius 1 is 1.06 bits per heavy atom. The number of hydrogen-bond acceptors (Lipinski definition) is 7. The SMILES string of the molecule is COC(=O)c1c(NC(=O)COC(=O)c2ccc(N)cc2)sc2c1CCC(c1ccccc1)C2. The molecule has 3 N–H and O–H groups in total. The van der Waals surface area contributed by atoms with Gasteiger partial charge in [0.05, 0.1) is 18.2 Å². The second-order valence-electron chi connectivity index (χ2n) is 7.80. The molecule has 0 radical (unpaired) electrons. The molecule has 0 fully saturated rings. The van der Waals surface area contributed by atoms with E-state index < -0.39 is 24.5 Å². The molecule has 0 spiro atoms. The van der Waals surface area contributed by atoms with Crippen molar-refractivity contribution < 1.29 is 23.9 Å². The Hall–Kier alpha value is -3.65. The fourth-order valence-electron chi connectivity index (χ4n) is 4.00. The van der Waals surface area contributed by atoms with Gasteiger partial charge in [0.1, 0.15) is 5.00 Å². The molecule has 1 atom stereocenters. The summed E-state index contributed by atoms with van der Waals surface area (Å²) < 4.78 is 10.1. The summed E-state index contributed by atoms with van der Waals surface area (Å²) in [4.78, 5) is 38.2. The third-order valence-electron chi connectivity index (χ3n) is 5.66. The smallest absolute Gasteiger partial charge is 0.341 e. The summed E-state index contributed by atoms with van der Waals surface area (Å²) >= 11 is 1.38. The van der Waals surface area contributed by atoms with Gasteiger partial charge in [-0.3, -0.25) is 4.79 Å². The molecule has 7 nitrogen and oxygen atoms in total. The monoisotopic (exact) mass is 464 g/mol. The molecule has 8 heteroatoms. The molecule has 0 bridgehead atoms. The van der Waals surface area contributed by atoms with Crippen molar-refractivity contribution in [1.82, 2.24) is 0 Å². The summed E-state index contributed by atoms with van der Waals surface area (Å²) in [5.74, 6) is -1.29. The van der Waals surface area contributed by atoms with E-state index >= 15 is 0 Å². The van der Waals surface area contributed by atoms with Crippen LogP contribution in [0.1, 0.15) is 49.1 Å². The molecule has 0 saturated heterocycles. The molecule has 1 amide bonds. The van der Waals surface area contributed by atoms with Crippen molar-refractivity contribution >= 4 is 39.9 Å². The van der Waals surface area contributed by atoms with E-state index in [1.165, 1.54) is 36.1 Å². The molecule has 0 saturated carbocycles. The maximum absolute atomic E-state index is 12.5. The number of fused-ring (bicyclic) bond motifs is 1. The van der Waals surface area contributed by atoms with Gasteiger partial charge in [0.25, 0.3) is 5.91 Å². The average Bonchev–Trinajstić information content (AvgIpc) is 3.19. The molecule has 1 heterocycles. The summed E-state index contributed by atoms with van der Waals surface area (Å²) in [6, 6.07) is 16.5. The van der Waals surface area contributed by atoms with E-state index in [4.69, 9.17) is 15.2 Å². The van der Waals surface area contributed by atoms with Gasteiger partial charge in [-0.15, -0.1) is 11.3 Å². The number of nitrogen functional groups attached to an aromatic ring is 1. The van der Waals surface area contributed by atoms with Gasteiger partial charge in [-0.05, 0) is 60.6 Å². The first kappa shape index (κ1) is 22.5. The molecule has 170 valence electrons. The van der Waals surface area contributed by atoms with Gasteiger partial charge in [-0.1, -0.05) is 30.3 Å². The zero-order valence-corrected chi connectivity index (χ0v) is 18.9. The molecule has 33 heavy (non-hydrogen) atoms. The molecular weight excluding hydrogens is 440 g/mol. The number of anilines is 2. The van der Waals surface area contributed by atoms with Crippen LogP contribution in [-0.4, -0.2) is 31.6 Å². The first-order valence-electron chi connectivity index (χ1n) is 10.6. The Morgan fingerprint density at radius 2 is 1.79 bits per heavy atom. The number of ether oxygens (including phenoxy) is 2. The van der Waals surface area contributed by atoms with E-state index in [1.807, 2.05) is 18.2 Å². The molecule has 4 rings (SSSR count). The van der Waals surface area contributed by atoms with Crippen LogP contribution in [0.5, 0.6) is 0 Å². The predicted octanol–water partition coefficient (Wildman–Crippen LogP) is 4.18. The Kier molecular flexibility index (Phi) is 6.74. The van der Waals surface area contributed by atoms with Gasteiger partial charge in [0.15, 0.2) is 6.61 Å². The number of methoxy groups -OCH3 is 1. The minimum Gasteiger partial charge on any atom is -0.465 e. The van der Waals surface area contributed by atoms with Crippen molar-refractivity contribution in [3.63, 3.8) is 0 Å². The lowest BCUT2D eigenvalue weighted by Gasteiger charge is -2.22. The number of rotatable bonds is 6. The summed E-state index contributed by atoms with van der Waals surface area (Å²) in [6.07, 6.45) is 2.41. The Bertz CT molecular complexity index is 1170. The maximum Gasteiger partial charge on any atom is 0.341 e.